The van der Waals surface area contributed by atoms with Gasteiger partial charge in [0, 0.05) is 23.5 Å². The number of hydrogen-bond donors (Lipinski definition) is 2. The smallest absolute Gasteiger partial charge is 0.261 e. The molecule has 2 bridgehead atoms. The molecule has 5 heteroatoms. The maximum Gasteiger partial charge on any atom is 0.261 e. The zero-order valence-corrected chi connectivity index (χ0v) is 12.8. The molecule has 1 aliphatic carbocycles. The van der Waals surface area contributed by atoms with Gasteiger partial charge in [-0.25, -0.2) is 4.39 Å². The lowest BCUT2D eigenvalue weighted by molar-refractivity contribution is 0.0929. The van der Waals surface area contributed by atoms with E-state index in [9.17, 15) is 9.18 Å². The Morgan fingerprint density at radius 3 is 2.68 bits per heavy atom. The van der Waals surface area contributed by atoms with Crippen molar-refractivity contribution in [1.82, 2.24) is 10.6 Å². The Balaban J connectivity index is 1.46. The molecule has 2 fully saturated rings. The van der Waals surface area contributed by atoms with Gasteiger partial charge in [-0.05, 0) is 48.6 Å². The molecule has 1 aromatic carbocycles. The molecule has 2 aromatic rings. The Morgan fingerprint density at radius 2 is 2.00 bits per heavy atom. The summed E-state index contributed by atoms with van der Waals surface area (Å²) in [5.74, 6) is 0.338. The molecule has 4 rings (SSSR count). The number of carbonyl (C=O) groups excluding carboxylic acids is 1. The van der Waals surface area contributed by atoms with E-state index >= 15 is 0 Å². The fourth-order valence-corrected chi connectivity index (χ4v) is 4.40. The summed E-state index contributed by atoms with van der Waals surface area (Å²) in [6.45, 7) is 1.01. The fraction of sp³-hybridized carbons (Fsp3) is 0.353. The van der Waals surface area contributed by atoms with Crippen molar-refractivity contribution in [2.24, 2.45) is 5.92 Å². The Bertz CT molecular complexity index is 697. The summed E-state index contributed by atoms with van der Waals surface area (Å²) in [4.78, 5) is 14.1. The van der Waals surface area contributed by atoms with Gasteiger partial charge in [0.15, 0.2) is 0 Å². The van der Waals surface area contributed by atoms with Crippen LogP contribution >= 0.6 is 11.3 Å². The Labute approximate surface area is 132 Å². The molecular formula is C17H17FN2OS. The summed E-state index contributed by atoms with van der Waals surface area (Å²) >= 11 is 1.45. The highest BCUT2D eigenvalue weighted by molar-refractivity contribution is 7.17. The van der Waals surface area contributed by atoms with Crippen LogP contribution in [0.3, 0.4) is 0 Å². The first kappa shape index (κ1) is 13.9. The van der Waals surface area contributed by atoms with Crippen LogP contribution in [0.25, 0.3) is 10.4 Å². The third kappa shape index (κ3) is 2.55. The highest BCUT2D eigenvalue weighted by Crippen LogP contribution is 2.32. The molecule has 0 spiro atoms. The number of piperidine rings is 1. The topological polar surface area (TPSA) is 41.1 Å². The molecule has 3 nitrogen and oxygen atoms in total. The number of carbonyl (C=O) groups is 1. The molecule has 0 radical (unpaired) electrons. The maximum absolute atomic E-state index is 13.0. The Kier molecular flexibility index (Phi) is 3.47. The zero-order chi connectivity index (χ0) is 15.1. The molecule has 1 aliphatic heterocycles. The molecule has 1 amide bonds. The van der Waals surface area contributed by atoms with E-state index in [0.29, 0.717) is 18.0 Å². The third-order valence-corrected chi connectivity index (χ3v) is 5.77. The standard InChI is InChI=1S/C17H17FN2OS/c18-12-3-1-10(2-4-12)15-5-6-16(22-15)17(21)20-14-8-13-7-11(14)9-19-13/h1-6,11,13-14,19H,7-9H2,(H,20,21). The summed E-state index contributed by atoms with van der Waals surface area (Å²) < 4.78 is 13.0. The van der Waals surface area contributed by atoms with Crippen molar-refractivity contribution in [3.05, 3.63) is 47.1 Å². The summed E-state index contributed by atoms with van der Waals surface area (Å²) in [6, 6.07) is 11.0. The van der Waals surface area contributed by atoms with Gasteiger partial charge in [0.1, 0.15) is 5.82 Å². The van der Waals surface area contributed by atoms with E-state index in [-0.39, 0.29) is 11.7 Å². The third-order valence-electron chi connectivity index (χ3n) is 4.64. The van der Waals surface area contributed by atoms with E-state index in [2.05, 4.69) is 10.6 Å². The molecule has 22 heavy (non-hydrogen) atoms. The number of rotatable bonds is 3. The Hall–Kier alpha value is -1.72. The molecule has 114 valence electrons. The zero-order valence-electron chi connectivity index (χ0n) is 12.0. The predicted octanol–water partition coefficient (Wildman–Crippen LogP) is 3.03. The highest BCUT2D eigenvalue weighted by atomic mass is 32.1. The van der Waals surface area contributed by atoms with Crippen LogP contribution in [0.15, 0.2) is 36.4 Å². The van der Waals surface area contributed by atoms with Gasteiger partial charge in [0.05, 0.1) is 4.88 Å². The molecular weight excluding hydrogens is 299 g/mol. The monoisotopic (exact) mass is 316 g/mol. The number of amides is 1. The van der Waals surface area contributed by atoms with E-state index in [1.54, 1.807) is 12.1 Å². The van der Waals surface area contributed by atoms with Gasteiger partial charge in [-0.3, -0.25) is 4.79 Å². The summed E-state index contributed by atoms with van der Waals surface area (Å²) in [5, 5.41) is 6.62. The minimum absolute atomic E-state index is 0.0101. The van der Waals surface area contributed by atoms with Gasteiger partial charge < -0.3 is 10.6 Å². The van der Waals surface area contributed by atoms with Crippen LogP contribution in [-0.2, 0) is 0 Å². The van der Waals surface area contributed by atoms with E-state index < -0.39 is 0 Å². The number of hydrogen-bond acceptors (Lipinski definition) is 3. The Morgan fingerprint density at radius 1 is 1.18 bits per heavy atom. The average Bonchev–Trinajstić information content (AvgIpc) is 3.24. The lowest BCUT2D eigenvalue weighted by Crippen LogP contribution is -2.43. The maximum atomic E-state index is 13.0. The number of benzene rings is 1. The predicted molar refractivity (Wildman–Crippen MR) is 85.5 cm³/mol. The molecule has 2 heterocycles. The van der Waals surface area contributed by atoms with Crippen molar-refractivity contribution in [3.8, 4) is 10.4 Å². The van der Waals surface area contributed by atoms with Crippen LogP contribution in [0.5, 0.6) is 0 Å². The largest absolute Gasteiger partial charge is 0.348 e. The van der Waals surface area contributed by atoms with Crippen LogP contribution in [-0.4, -0.2) is 24.5 Å². The number of thiophene rings is 1. The lowest BCUT2D eigenvalue weighted by atomic mass is 10.0. The summed E-state index contributed by atoms with van der Waals surface area (Å²) in [5.41, 5.74) is 0.939. The van der Waals surface area contributed by atoms with Gasteiger partial charge in [0.25, 0.3) is 5.91 Å². The number of fused-ring (bicyclic) bond motifs is 2. The quantitative estimate of drug-likeness (QED) is 0.914. The second-order valence-corrected chi connectivity index (χ2v) is 7.17. The van der Waals surface area contributed by atoms with Gasteiger partial charge in [-0.1, -0.05) is 12.1 Å². The van der Waals surface area contributed by atoms with Crippen molar-refractivity contribution in [1.29, 1.82) is 0 Å². The molecule has 1 saturated carbocycles. The second-order valence-electron chi connectivity index (χ2n) is 6.09. The van der Waals surface area contributed by atoms with Crippen molar-refractivity contribution in [2.75, 3.05) is 6.54 Å². The molecule has 1 saturated heterocycles. The first-order valence-electron chi connectivity index (χ1n) is 7.59. The SMILES string of the molecule is O=C(NC1CC2CC1CN2)c1ccc(-c2ccc(F)cc2)s1. The fourth-order valence-electron chi connectivity index (χ4n) is 3.48. The van der Waals surface area contributed by atoms with Crippen LogP contribution in [0.2, 0.25) is 0 Å². The first-order valence-corrected chi connectivity index (χ1v) is 8.41. The first-order chi connectivity index (χ1) is 10.7. The summed E-state index contributed by atoms with van der Waals surface area (Å²) in [7, 11) is 0. The van der Waals surface area contributed by atoms with Crippen LogP contribution in [0, 0.1) is 11.7 Å². The average molecular weight is 316 g/mol. The lowest BCUT2D eigenvalue weighted by Gasteiger charge is -2.23. The minimum atomic E-state index is -0.247. The molecule has 2 N–H and O–H groups in total. The second kappa shape index (κ2) is 5.48. The van der Waals surface area contributed by atoms with Gasteiger partial charge in [-0.2, -0.15) is 0 Å². The molecule has 1 aromatic heterocycles. The van der Waals surface area contributed by atoms with E-state index in [1.807, 2.05) is 12.1 Å². The minimum Gasteiger partial charge on any atom is -0.348 e. The van der Waals surface area contributed by atoms with Crippen LogP contribution in [0.1, 0.15) is 22.5 Å². The van der Waals surface area contributed by atoms with E-state index in [4.69, 9.17) is 0 Å². The molecule has 3 atom stereocenters. The van der Waals surface area contributed by atoms with Crippen molar-refractivity contribution < 1.29 is 9.18 Å². The van der Waals surface area contributed by atoms with Gasteiger partial charge in [-0.15, -0.1) is 11.3 Å². The van der Waals surface area contributed by atoms with Crippen LogP contribution < -0.4 is 10.6 Å². The molecule has 2 aliphatic rings. The van der Waals surface area contributed by atoms with E-state index in [0.717, 1.165) is 28.3 Å². The van der Waals surface area contributed by atoms with Gasteiger partial charge in [0.2, 0.25) is 0 Å². The van der Waals surface area contributed by atoms with Crippen molar-refractivity contribution in [2.45, 2.75) is 24.9 Å². The van der Waals surface area contributed by atoms with Crippen molar-refractivity contribution in [3.63, 3.8) is 0 Å². The van der Waals surface area contributed by atoms with Gasteiger partial charge >= 0.3 is 0 Å². The molecule has 3 unspecified atom stereocenters. The number of halogens is 1. The normalized spacial score (nSPS) is 26.3. The van der Waals surface area contributed by atoms with Crippen molar-refractivity contribution >= 4 is 17.2 Å². The highest BCUT2D eigenvalue weighted by Gasteiger charge is 2.40. The summed E-state index contributed by atoms with van der Waals surface area (Å²) in [6.07, 6.45) is 2.21. The van der Waals surface area contributed by atoms with Crippen LogP contribution in [0.4, 0.5) is 4.39 Å². The van der Waals surface area contributed by atoms with E-state index in [1.165, 1.54) is 29.9 Å². The number of nitrogens with one attached hydrogen (secondary N) is 2.